The molecule has 0 aliphatic carbocycles. The zero-order valence-corrected chi connectivity index (χ0v) is 17.3. The minimum Gasteiger partial charge on any atom is -0.468 e. The molecule has 2 saturated heterocycles. The van der Waals surface area contributed by atoms with E-state index < -0.39 is 12.2 Å². The van der Waals surface area contributed by atoms with Crippen molar-refractivity contribution in [2.45, 2.75) is 44.4 Å². The van der Waals surface area contributed by atoms with Crippen LogP contribution in [0.5, 0.6) is 0 Å². The molecule has 164 valence electrons. The van der Waals surface area contributed by atoms with Crippen LogP contribution in [0.4, 0.5) is 13.2 Å². The van der Waals surface area contributed by atoms with Gasteiger partial charge in [-0.1, -0.05) is 6.42 Å². The first-order chi connectivity index (χ1) is 13.9. The molecule has 0 saturated carbocycles. The van der Waals surface area contributed by atoms with Crippen LogP contribution < -0.4 is 5.32 Å². The maximum Gasteiger partial charge on any atom is 0.403 e. The van der Waals surface area contributed by atoms with E-state index in [4.69, 9.17) is 4.42 Å². The molecule has 2 aliphatic heterocycles. The Morgan fingerprint density at radius 2 is 1.79 bits per heavy atom. The summed E-state index contributed by atoms with van der Waals surface area (Å²) in [7, 11) is 1.72. The molecule has 0 aromatic carbocycles. The van der Waals surface area contributed by atoms with Crippen LogP contribution in [0.25, 0.3) is 0 Å². The van der Waals surface area contributed by atoms with Crippen molar-refractivity contribution < 1.29 is 17.6 Å². The highest BCUT2D eigenvalue weighted by atomic mass is 19.4. The first-order valence-electron chi connectivity index (χ1n) is 10.4. The van der Waals surface area contributed by atoms with Crippen molar-refractivity contribution >= 4 is 5.96 Å². The van der Waals surface area contributed by atoms with E-state index in [1.54, 1.807) is 13.3 Å². The van der Waals surface area contributed by atoms with E-state index in [1.165, 1.54) is 31.1 Å². The van der Waals surface area contributed by atoms with E-state index in [0.717, 1.165) is 24.8 Å². The van der Waals surface area contributed by atoms with Crippen LogP contribution in [-0.4, -0.2) is 85.7 Å². The Labute approximate surface area is 170 Å². The summed E-state index contributed by atoms with van der Waals surface area (Å²) in [6.07, 6.45) is 1.14. The summed E-state index contributed by atoms with van der Waals surface area (Å²) < 4.78 is 44.6. The number of guanidine groups is 1. The fraction of sp³-hybridized carbons (Fsp3) is 0.750. The zero-order chi connectivity index (χ0) is 20.9. The van der Waals surface area contributed by atoms with Crippen LogP contribution in [0.15, 0.2) is 27.8 Å². The van der Waals surface area contributed by atoms with Crippen molar-refractivity contribution in [1.82, 2.24) is 20.0 Å². The van der Waals surface area contributed by atoms with E-state index in [1.807, 2.05) is 17.0 Å². The molecular weight excluding hydrogens is 383 g/mol. The first kappa shape index (κ1) is 22.0. The molecule has 1 N–H and O–H groups in total. The molecular formula is C20H32F3N5O. The lowest BCUT2D eigenvalue weighted by molar-refractivity contribution is -0.181. The number of piperazine rings is 1. The van der Waals surface area contributed by atoms with Crippen molar-refractivity contribution in [2.75, 3.05) is 52.9 Å². The summed E-state index contributed by atoms with van der Waals surface area (Å²) in [6.45, 7) is 5.75. The molecule has 0 spiro atoms. The van der Waals surface area contributed by atoms with Crippen LogP contribution in [0.1, 0.15) is 38.0 Å². The summed E-state index contributed by atoms with van der Waals surface area (Å²) in [6, 6.07) is 2.61. The fourth-order valence-electron chi connectivity index (χ4n) is 4.17. The van der Waals surface area contributed by atoms with E-state index in [2.05, 4.69) is 15.2 Å². The second kappa shape index (κ2) is 9.84. The standard InChI is InChI=1S/C20H32F3N5O/c1-16(20(21,22)23)26-10-12-28(13-11-26)19(24-2)25-15-17(18-7-6-14-29-18)27-8-4-3-5-9-27/h6-7,14,16-17H,3-5,8-13,15H2,1-2H3,(H,24,25). The highest BCUT2D eigenvalue weighted by Gasteiger charge is 2.41. The summed E-state index contributed by atoms with van der Waals surface area (Å²) in [5.41, 5.74) is 0. The molecule has 1 aromatic rings. The van der Waals surface area contributed by atoms with Gasteiger partial charge in [-0.15, -0.1) is 0 Å². The predicted octanol–water partition coefficient (Wildman–Crippen LogP) is 2.95. The molecule has 9 heteroatoms. The number of aliphatic imine (C=N–C) groups is 1. The fourth-order valence-corrected chi connectivity index (χ4v) is 4.17. The maximum absolute atomic E-state index is 13.0. The smallest absolute Gasteiger partial charge is 0.403 e. The highest BCUT2D eigenvalue weighted by Crippen LogP contribution is 2.26. The number of hydrogen-bond donors (Lipinski definition) is 1. The number of rotatable bonds is 5. The van der Waals surface area contributed by atoms with Crippen molar-refractivity contribution in [3.8, 4) is 0 Å². The zero-order valence-electron chi connectivity index (χ0n) is 17.3. The van der Waals surface area contributed by atoms with Gasteiger partial charge in [0, 0.05) is 39.8 Å². The van der Waals surface area contributed by atoms with Gasteiger partial charge in [-0.05, 0) is 45.0 Å². The molecule has 3 heterocycles. The molecule has 0 radical (unpaired) electrons. The summed E-state index contributed by atoms with van der Waals surface area (Å²) in [5.74, 6) is 1.66. The molecule has 2 fully saturated rings. The predicted molar refractivity (Wildman–Crippen MR) is 107 cm³/mol. The Morgan fingerprint density at radius 3 is 2.34 bits per heavy atom. The quantitative estimate of drug-likeness (QED) is 0.592. The van der Waals surface area contributed by atoms with E-state index in [9.17, 15) is 13.2 Å². The third-order valence-corrected chi connectivity index (χ3v) is 6.00. The summed E-state index contributed by atoms with van der Waals surface area (Å²) in [4.78, 5) is 10.3. The lowest BCUT2D eigenvalue weighted by Gasteiger charge is -2.40. The molecule has 2 unspecified atom stereocenters. The molecule has 1 aromatic heterocycles. The number of hydrogen-bond acceptors (Lipinski definition) is 4. The summed E-state index contributed by atoms with van der Waals surface area (Å²) >= 11 is 0. The van der Waals surface area contributed by atoms with Gasteiger partial charge in [0.2, 0.25) is 0 Å². The Bertz CT molecular complexity index is 635. The normalized spacial score (nSPS) is 22.5. The van der Waals surface area contributed by atoms with E-state index >= 15 is 0 Å². The van der Waals surface area contributed by atoms with Gasteiger partial charge in [-0.3, -0.25) is 14.8 Å². The molecule has 0 bridgehead atoms. The van der Waals surface area contributed by atoms with Gasteiger partial charge in [-0.25, -0.2) is 0 Å². The number of halogens is 3. The molecule has 3 rings (SSSR count). The van der Waals surface area contributed by atoms with E-state index in [0.29, 0.717) is 32.7 Å². The number of nitrogens with one attached hydrogen (secondary N) is 1. The molecule has 2 atom stereocenters. The van der Waals surface area contributed by atoms with Gasteiger partial charge in [-0.2, -0.15) is 13.2 Å². The average molecular weight is 416 g/mol. The minimum absolute atomic E-state index is 0.119. The molecule has 0 amide bonds. The number of likely N-dealkylation sites (tertiary alicyclic amines) is 1. The van der Waals surface area contributed by atoms with Crippen LogP contribution in [-0.2, 0) is 0 Å². The SMILES string of the molecule is CN=C(NCC(c1ccco1)N1CCCCC1)N1CCN(C(C)C(F)(F)F)CC1. The average Bonchev–Trinajstić information content (AvgIpc) is 3.25. The van der Waals surface area contributed by atoms with Crippen LogP contribution in [0.3, 0.4) is 0 Å². The van der Waals surface area contributed by atoms with Crippen molar-refractivity contribution in [1.29, 1.82) is 0 Å². The number of nitrogens with zero attached hydrogens (tertiary/aromatic N) is 4. The van der Waals surface area contributed by atoms with Gasteiger partial charge in [0.15, 0.2) is 5.96 Å². The lowest BCUT2D eigenvalue weighted by atomic mass is 10.1. The Balaban J connectivity index is 1.57. The largest absolute Gasteiger partial charge is 0.468 e. The second-order valence-corrected chi connectivity index (χ2v) is 7.80. The Morgan fingerprint density at radius 1 is 1.10 bits per heavy atom. The van der Waals surface area contributed by atoms with Crippen LogP contribution in [0.2, 0.25) is 0 Å². The number of furan rings is 1. The Hall–Kier alpha value is -1.74. The van der Waals surface area contributed by atoms with Crippen molar-refractivity contribution in [2.24, 2.45) is 4.99 Å². The Kier molecular flexibility index (Phi) is 7.45. The molecule has 2 aliphatic rings. The first-order valence-corrected chi connectivity index (χ1v) is 10.4. The number of alkyl halides is 3. The highest BCUT2D eigenvalue weighted by molar-refractivity contribution is 5.80. The minimum atomic E-state index is -4.19. The molecule has 29 heavy (non-hydrogen) atoms. The molecule has 6 nitrogen and oxygen atoms in total. The van der Waals surface area contributed by atoms with Gasteiger partial charge in [0.1, 0.15) is 11.8 Å². The van der Waals surface area contributed by atoms with Gasteiger partial charge in [0.25, 0.3) is 0 Å². The summed E-state index contributed by atoms with van der Waals surface area (Å²) in [5, 5.41) is 3.43. The topological polar surface area (TPSA) is 47.3 Å². The monoisotopic (exact) mass is 415 g/mol. The van der Waals surface area contributed by atoms with Crippen LogP contribution >= 0.6 is 0 Å². The maximum atomic E-state index is 13.0. The van der Waals surface area contributed by atoms with Gasteiger partial charge in [0.05, 0.1) is 12.3 Å². The van der Waals surface area contributed by atoms with E-state index in [-0.39, 0.29) is 6.04 Å². The van der Waals surface area contributed by atoms with Gasteiger partial charge >= 0.3 is 6.18 Å². The van der Waals surface area contributed by atoms with Gasteiger partial charge < -0.3 is 14.6 Å². The third-order valence-electron chi connectivity index (χ3n) is 6.00. The second-order valence-electron chi connectivity index (χ2n) is 7.80. The van der Waals surface area contributed by atoms with Crippen LogP contribution in [0, 0.1) is 0 Å². The lowest BCUT2D eigenvalue weighted by Crippen LogP contribution is -2.57. The number of piperidine rings is 1. The third kappa shape index (κ3) is 5.66. The van der Waals surface area contributed by atoms with Crippen molar-refractivity contribution in [3.05, 3.63) is 24.2 Å². The van der Waals surface area contributed by atoms with Crippen molar-refractivity contribution in [3.63, 3.8) is 0 Å².